The molecule has 1 amide bonds. The number of amides is 1. The van der Waals surface area contributed by atoms with E-state index in [1.807, 2.05) is 22.9 Å². The lowest BCUT2D eigenvalue weighted by atomic mass is 10.1. The Labute approximate surface area is 137 Å². The Bertz CT molecular complexity index is 774. The van der Waals surface area contributed by atoms with Crippen molar-refractivity contribution in [2.45, 2.75) is 26.8 Å². The van der Waals surface area contributed by atoms with E-state index in [0.29, 0.717) is 23.9 Å². The Kier molecular flexibility index (Phi) is 4.57. The summed E-state index contributed by atoms with van der Waals surface area (Å²) in [4.78, 5) is 12.1. The summed E-state index contributed by atoms with van der Waals surface area (Å²) in [7, 11) is 0. The Morgan fingerprint density at radius 2 is 2.30 bits per heavy atom. The first-order chi connectivity index (χ1) is 11.1. The van der Waals surface area contributed by atoms with E-state index in [-0.39, 0.29) is 5.91 Å². The number of carbonyl (C=O) groups is 1. The molecule has 7 heteroatoms. The van der Waals surface area contributed by atoms with E-state index in [9.17, 15) is 4.79 Å². The van der Waals surface area contributed by atoms with Gasteiger partial charge in [0.2, 0.25) is 0 Å². The lowest BCUT2D eigenvalue weighted by Crippen LogP contribution is -2.22. The lowest BCUT2D eigenvalue weighted by Gasteiger charge is -1.99. The SMILES string of the molecule is CC(C)Cc1cc(CNC(=O)c2cc(-c3ccsc3)n[nH]2)on1. The van der Waals surface area contributed by atoms with Gasteiger partial charge in [0, 0.05) is 17.0 Å². The van der Waals surface area contributed by atoms with Gasteiger partial charge in [-0.1, -0.05) is 19.0 Å². The van der Waals surface area contributed by atoms with E-state index in [0.717, 1.165) is 23.4 Å². The number of hydrogen-bond acceptors (Lipinski definition) is 5. The predicted octanol–water partition coefficient (Wildman–Crippen LogP) is 3.25. The normalized spacial score (nSPS) is 11.1. The highest BCUT2D eigenvalue weighted by molar-refractivity contribution is 7.08. The summed E-state index contributed by atoms with van der Waals surface area (Å²) in [5.41, 5.74) is 3.09. The highest BCUT2D eigenvalue weighted by atomic mass is 32.1. The van der Waals surface area contributed by atoms with Gasteiger partial charge in [0.05, 0.1) is 17.9 Å². The van der Waals surface area contributed by atoms with E-state index in [1.165, 1.54) is 0 Å². The molecule has 6 nitrogen and oxygen atoms in total. The molecule has 3 aromatic rings. The summed E-state index contributed by atoms with van der Waals surface area (Å²) < 4.78 is 5.23. The Hall–Kier alpha value is -2.41. The van der Waals surface area contributed by atoms with Crippen LogP contribution in [0.3, 0.4) is 0 Å². The van der Waals surface area contributed by atoms with Crippen molar-refractivity contribution in [3.8, 4) is 11.3 Å². The number of aromatic amines is 1. The highest BCUT2D eigenvalue weighted by Crippen LogP contribution is 2.20. The van der Waals surface area contributed by atoms with E-state index >= 15 is 0 Å². The first-order valence-electron chi connectivity index (χ1n) is 7.42. The van der Waals surface area contributed by atoms with E-state index < -0.39 is 0 Å². The summed E-state index contributed by atoms with van der Waals surface area (Å²) >= 11 is 1.59. The van der Waals surface area contributed by atoms with Crippen LogP contribution in [0.5, 0.6) is 0 Å². The van der Waals surface area contributed by atoms with Crippen LogP contribution >= 0.6 is 11.3 Å². The van der Waals surface area contributed by atoms with Gasteiger partial charge in [-0.05, 0) is 29.9 Å². The molecule has 0 unspecified atom stereocenters. The van der Waals surface area contributed by atoms with Crippen LogP contribution in [0, 0.1) is 5.92 Å². The summed E-state index contributed by atoms with van der Waals surface area (Å²) in [5, 5.41) is 17.7. The van der Waals surface area contributed by atoms with E-state index in [4.69, 9.17) is 4.52 Å². The molecule has 0 fully saturated rings. The van der Waals surface area contributed by atoms with Crippen molar-refractivity contribution in [3.05, 3.63) is 46.1 Å². The zero-order valence-electron chi connectivity index (χ0n) is 13.0. The lowest BCUT2D eigenvalue weighted by molar-refractivity contribution is 0.0942. The quantitative estimate of drug-likeness (QED) is 0.726. The number of aromatic nitrogens is 3. The van der Waals surface area contributed by atoms with Gasteiger partial charge in [0.25, 0.3) is 5.91 Å². The summed E-state index contributed by atoms with van der Waals surface area (Å²) in [6.45, 7) is 4.55. The average molecular weight is 330 g/mol. The van der Waals surface area contributed by atoms with Gasteiger partial charge in [0.15, 0.2) is 5.76 Å². The van der Waals surface area contributed by atoms with Gasteiger partial charge in [-0.15, -0.1) is 0 Å². The summed E-state index contributed by atoms with van der Waals surface area (Å²) in [6.07, 6.45) is 0.863. The number of thiophene rings is 1. The van der Waals surface area contributed by atoms with E-state index in [2.05, 4.69) is 34.5 Å². The Morgan fingerprint density at radius 3 is 3.04 bits per heavy atom. The smallest absolute Gasteiger partial charge is 0.269 e. The second-order valence-corrected chi connectivity index (χ2v) is 6.52. The first-order valence-corrected chi connectivity index (χ1v) is 8.36. The number of nitrogens with zero attached hydrogens (tertiary/aromatic N) is 2. The van der Waals surface area contributed by atoms with Crippen molar-refractivity contribution in [2.75, 3.05) is 0 Å². The molecule has 0 atom stereocenters. The standard InChI is InChI=1S/C16H18N4O2S/c1-10(2)5-12-6-13(22-20-12)8-17-16(21)15-7-14(18-19-15)11-3-4-23-9-11/h3-4,6-7,9-10H,5,8H2,1-2H3,(H,17,21)(H,18,19). The van der Waals surface area contributed by atoms with Gasteiger partial charge < -0.3 is 9.84 Å². The van der Waals surface area contributed by atoms with Crippen molar-refractivity contribution in [1.29, 1.82) is 0 Å². The number of rotatable bonds is 6. The van der Waals surface area contributed by atoms with Crippen molar-refractivity contribution < 1.29 is 9.32 Å². The molecule has 23 heavy (non-hydrogen) atoms. The predicted molar refractivity (Wildman–Crippen MR) is 88.1 cm³/mol. The third kappa shape index (κ3) is 3.87. The molecular weight excluding hydrogens is 312 g/mol. The monoisotopic (exact) mass is 330 g/mol. The fraction of sp³-hybridized carbons (Fsp3) is 0.312. The Morgan fingerprint density at radius 1 is 1.43 bits per heavy atom. The topological polar surface area (TPSA) is 83.8 Å². The molecule has 3 heterocycles. The van der Waals surface area contributed by atoms with Crippen LogP contribution in [0.25, 0.3) is 11.3 Å². The molecular formula is C16H18N4O2S. The zero-order chi connectivity index (χ0) is 16.2. The molecule has 0 aliphatic heterocycles. The maximum Gasteiger partial charge on any atom is 0.269 e. The second-order valence-electron chi connectivity index (χ2n) is 5.74. The molecule has 0 aliphatic rings. The van der Waals surface area contributed by atoms with Gasteiger partial charge in [0.1, 0.15) is 5.69 Å². The van der Waals surface area contributed by atoms with Gasteiger partial charge in [-0.2, -0.15) is 16.4 Å². The van der Waals surface area contributed by atoms with Crippen LogP contribution in [-0.2, 0) is 13.0 Å². The van der Waals surface area contributed by atoms with Crippen LogP contribution in [-0.4, -0.2) is 21.3 Å². The molecule has 0 spiro atoms. The fourth-order valence-electron chi connectivity index (χ4n) is 2.21. The van der Waals surface area contributed by atoms with Crippen LogP contribution in [0.15, 0.2) is 33.5 Å². The molecule has 2 N–H and O–H groups in total. The van der Waals surface area contributed by atoms with Crippen LogP contribution < -0.4 is 5.32 Å². The molecule has 0 saturated carbocycles. The zero-order valence-corrected chi connectivity index (χ0v) is 13.8. The molecule has 120 valence electrons. The highest BCUT2D eigenvalue weighted by Gasteiger charge is 2.12. The van der Waals surface area contributed by atoms with Gasteiger partial charge in [-0.25, -0.2) is 0 Å². The second kappa shape index (κ2) is 6.78. The minimum absolute atomic E-state index is 0.221. The average Bonchev–Trinajstić information content (AvgIpc) is 3.24. The van der Waals surface area contributed by atoms with Crippen molar-refractivity contribution in [1.82, 2.24) is 20.7 Å². The van der Waals surface area contributed by atoms with E-state index in [1.54, 1.807) is 17.4 Å². The van der Waals surface area contributed by atoms with Crippen LogP contribution in [0.2, 0.25) is 0 Å². The minimum Gasteiger partial charge on any atom is -0.359 e. The van der Waals surface area contributed by atoms with Crippen LogP contribution in [0.4, 0.5) is 0 Å². The minimum atomic E-state index is -0.221. The number of carbonyl (C=O) groups excluding carboxylic acids is 1. The molecule has 0 aromatic carbocycles. The molecule has 3 rings (SSSR count). The van der Waals surface area contributed by atoms with Gasteiger partial charge >= 0.3 is 0 Å². The number of H-pyrrole nitrogens is 1. The summed E-state index contributed by atoms with van der Waals surface area (Å²) in [5.74, 6) is 0.940. The molecule has 0 aliphatic carbocycles. The third-order valence-electron chi connectivity index (χ3n) is 3.29. The molecule has 0 bridgehead atoms. The maximum atomic E-state index is 12.1. The maximum absolute atomic E-state index is 12.1. The van der Waals surface area contributed by atoms with Crippen LogP contribution in [0.1, 0.15) is 35.8 Å². The molecule has 0 radical (unpaired) electrons. The number of hydrogen-bond donors (Lipinski definition) is 2. The molecule has 0 saturated heterocycles. The third-order valence-corrected chi connectivity index (χ3v) is 3.97. The first kappa shape index (κ1) is 15.5. The van der Waals surface area contributed by atoms with Gasteiger partial charge in [-0.3, -0.25) is 9.89 Å². The molecule has 3 aromatic heterocycles. The van der Waals surface area contributed by atoms with Crippen molar-refractivity contribution >= 4 is 17.2 Å². The fourth-order valence-corrected chi connectivity index (χ4v) is 2.86. The summed E-state index contributed by atoms with van der Waals surface area (Å²) in [6, 6.07) is 5.58. The largest absolute Gasteiger partial charge is 0.359 e. The number of nitrogens with one attached hydrogen (secondary N) is 2. The Balaban J connectivity index is 1.58. The van der Waals surface area contributed by atoms with Crippen molar-refractivity contribution in [3.63, 3.8) is 0 Å². The van der Waals surface area contributed by atoms with Crippen molar-refractivity contribution in [2.24, 2.45) is 5.92 Å².